The molecule has 1 aromatic carbocycles. The molecular weight excluding hydrogens is 349 g/mol. The SMILES string of the molecule is CCCNC(N)=NCC(c1ccccc1)C(C)C.I. The average molecular weight is 375 g/mol. The third-order valence-electron chi connectivity index (χ3n) is 3.05. The van der Waals surface area contributed by atoms with Gasteiger partial charge in [-0.3, -0.25) is 4.99 Å². The largest absolute Gasteiger partial charge is 0.370 e. The van der Waals surface area contributed by atoms with Gasteiger partial charge < -0.3 is 11.1 Å². The van der Waals surface area contributed by atoms with Crippen molar-refractivity contribution in [1.82, 2.24) is 5.32 Å². The Morgan fingerprint density at radius 3 is 2.42 bits per heavy atom. The van der Waals surface area contributed by atoms with E-state index >= 15 is 0 Å². The van der Waals surface area contributed by atoms with Crippen LogP contribution >= 0.6 is 24.0 Å². The second-order valence-corrected chi connectivity index (χ2v) is 4.91. The molecule has 0 radical (unpaired) electrons. The lowest BCUT2D eigenvalue weighted by molar-refractivity contribution is 0.506. The first kappa shape index (κ1) is 18.2. The van der Waals surface area contributed by atoms with Crippen LogP contribution in [-0.4, -0.2) is 19.0 Å². The molecule has 0 aliphatic carbocycles. The standard InChI is InChI=1S/C15H25N3.HI/c1-4-10-17-15(16)18-11-14(12(2)3)13-8-6-5-7-9-13;/h5-9,12,14H,4,10-11H2,1-3H3,(H3,16,17,18);1H. The van der Waals surface area contributed by atoms with Crippen LogP contribution in [0.25, 0.3) is 0 Å². The number of aliphatic imine (C=N–C) groups is 1. The Bertz CT molecular complexity index is 363. The van der Waals surface area contributed by atoms with Gasteiger partial charge >= 0.3 is 0 Å². The minimum atomic E-state index is 0. The van der Waals surface area contributed by atoms with Crippen LogP contribution in [0.2, 0.25) is 0 Å². The maximum atomic E-state index is 5.83. The highest BCUT2D eigenvalue weighted by molar-refractivity contribution is 14.0. The van der Waals surface area contributed by atoms with Crippen LogP contribution in [0.4, 0.5) is 0 Å². The van der Waals surface area contributed by atoms with Gasteiger partial charge in [-0.25, -0.2) is 0 Å². The highest BCUT2D eigenvalue weighted by atomic mass is 127. The Balaban J connectivity index is 0.00000324. The molecule has 1 atom stereocenters. The number of halogens is 1. The first-order valence-electron chi connectivity index (χ1n) is 6.73. The van der Waals surface area contributed by atoms with E-state index in [4.69, 9.17) is 5.73 Å². The molecule has 1 rings (SSSR count). The van der Waals surface area contributed by atoms with E-state index in [0.29, 0.717) is 17.8 Å². The van der Waals surface area contributed by atoms with Crippen LogP contribution in [0.15, 0.2) is 35.3 Å². The number of hydrogen-bond acceptors (Lipinski definition) is 1. The number of guanidine groups is 1. The fraction of sp³-hybridized carbons (Fsp3) is 0.533. The van der Waals surface area contributed by atoms with Gasteiger partial charge in [0.15, 0.2) is 5.96 Å². The Morgan fingerprint density at radius 2 is 1.89 bits per heavy atom. The lowest BCUT2D eigenvalue weighted by atomic mass is 9.88. The number of nitrogens with one attached hydrogen (secondary N) is 1. The first-order valence-corrected chi connectivity index (χ1v) is 6.73. The van der Waals surface area contributed by atoms with Gasteiger partial charge in [-0.1, -0.05) is 51.1 Å². The van der Waals surface area contributed by atoms with Gasteiger partial charge in [0, 0.05) is 19.0 Å². The van der Waals surface area contributed by atoms with Gasteiger partial charge in [-0.05, 0) is 17.9 Å². The van der Waals surface area contributed by atoms with E-state index in [9.17, 15) is 0 Å². The summed E-state index contributed by atoms with van der Waals surface area (Å²) in [6, 6.07) is 10.5. The second kappa shape index (κ2) is 10.1. The third kappa shape index (κ3) is 6.80. The van der Waals surface area contributed by atoms with E-state index in [0.717, 1.165) is 19.5 Å². The summed E-state index contributed by atoms with van der Waals surface area (Å²) < 4.78 is 0. The van der Waals surface area contributed by atoms with Gasteiger partial charge in [0.05, 0.1) is 0 Å². The number of nitrogens with zero attached hydrogens (tertiary/aromatic N) is 1. The zero-order chi connectivity index (χ0) is 13.4. The molecule has 0 saturated heterocycles. The molecular formula is C15H26IN3. The lowest BCUT2D eigenvalue weighted by Crippen LogP contribution is -2.32. The molecule has 0 aliphatic rings. The summed E-state index contributed by atoms with van der Waals surface area (Å²) in [6.45, 7) is 8.18. The smallest absolute Gasteiger partial charge is 0.188 e. The Kier molecular flexibility index (Phi) is 9.65. The predicted molar refractivity (Wildman–Crippen MR) is 94.2 cm³/mol. The fourth-order valence-electron chi connectivity index (χ4n) is 1.91. The molecule has 0 saturated carbocycles. The molecule has 3 N–H and O–H groups in total. The molecule has 0 fully saturated rings. The third-order valence-corrected chi connectivity index (χ3v) is 3.05. The monoisotopic (exact) mass is 375 g/mol. The van der Waals surface area contributed by atoms with Crippen molar-refractivity contribution in [2.75, 3.05) is 13.1 Å². The highest BCUT2D eigenvalue weighted by Gasteiger charge is 2.14. The summed E-state index contributed by atoms with van der Waals surface area (Å²) in [5.74, 6) is 1.53. The van der Waals surface area contributed by atoms with Crippen molar-refractivity contribution in [3.8, 4) is 0 Å². The van der Waals surface area contributed by atoms with Crippen LogP contribution in [0, 0.1) is 5.92 Å². The van der Waals surface area contributed by atoms with Crippen molar-refractivity contribution in [3.63, 3.8) is 0 Å². The first-order chi connectivity index (χ1) is 8.65. The van der Waals surface area contributed by atoms with Crippen LogP contribution < -0.4 is 11.1 Å². The number of benzene rings is 1. The van der Waals surface area contributed by atoms with Crippen LogP contribution in [0.5, 0.6) is 0 Å². The Morgan fingerprint density at radius 1 is 1.26 bits per heavy atom. The topological polar surface area (TPSA) is 50.4 Å². The normalized spacial score (nSPS) is 12.9. The summed E-state index contributed by atoms with van der Waals surface area (Å²) in [5, 5.41) is 3.11. The zero-order valence-electron chi connectivity index (χ0n) is 12.1. The quantitative estimate of drug-likeness (QED) is 0.455. The molecule has 0 spiro atoms. The van der Waals surface area contributed by atoms with Crippen molar-refractivity contribution in [1.29, 1.82) is 0 Å². The van der Waals surface area contributed by atoms with Gasteiger partial charge in [0.2, 0.25) is 0 Å². The molecule has 0 aromatic heterocycles. The lowest BCUT2D eigenvalue weighted by Gasteiger charge is -2.19. The molecule has 4 heteroatoms. The minimum absolute atomic E-state index is 0. The van der Waals surface area contributed by atoms with Crippen molar-refractivity contribution in [3.05, 3.63) is 35.9 Å². The van der Waals surface area contributed by atoms with Gasteiger partial charge in [-0.15, -0.1) is 24.0 Å². The van der Waals surface area contributed by atoms with Crippen molar-refractivity contribution in [2.45, 2.75) is 33.1 Å². The molecule has 3 nitrogen and oxygen atoms in total. The summed E-state index contributed by atoms with van der Waals surface area (Å²) >= 11 is 0. The van der Waals surface area contributed by atoms with Crippen molar-refractivity contribution >= 4 is 29.9 Å². The van der Waals surface area contributed by atoms with Gasteiger partial charge in [-0.2, -0.15) is 0 Å². The Labute approximate surface area is 134 Å². The maximum absolute atomic E-state index is 5.83. The molecule has 0 heterocycles. The van der Waals surface area contributed by atoms with E-state index in [-0.39, 0.29) is 24.0 Å². The molecule has 108 valence electrons. The molecule has 0 bridgehead atoms. The minimum Gasteiger partial charge on any atom is -0.370 e. The molecule has 19 heavy (non-hydrogen) atoms. The summed E-state index contributed by atoms with van der Waals surface area (Å²) in [6.07, 6.45) is 1.06. The predicted octanol–water partition coefficient (Wildman–Crippen LogP) is 3.36. The zero-order valence-corrected chi connectivity index (χ0v) is 14.4. The highest BCUT2D eigenvalue weighted by Crippen LogP contribution is 2.24. The van der Waals surface area contributed by atoms with E-state index in [1.54, 1.807) is 0 Å². The van der Waals surface area contributed by atoms with Crippen molar-refractivity contribution in [2.24, 2.45) is 16.6 Å². The van der Waals surface area contributed by atoms with E-state index in [1.807, 2.05) is 6.07 Å². The summed E-state index contributed by atoms with van der Waals surface area (Å²) in [5.41, 5.74) is 7.16. The molecule has 1 unspecified atom stereocenters. The fourth-order valence-corrected chi connectivity index (χ4v) is 1.91. The molecule has 1 aromatic rings. The summed E-state index contributed by atoms with van der Waals surface area (Å²) in [7, 11) is 0. The second-order valence-electron chi connectivity index (χ2n) is 4.91. The van der Waals surface area contributed by atoms with Crippen LogP contribution in [-0.2, 0) is 0 Å². The number of hydrogen-bond donors (Lipinski definition) is 2. The van der Waals surface area contributed by atoms with Gasteiger partial charge in [0.1, 0.15) is 0 Å². The van der Waals surface area contributed by atoms with E-state index in [1.165, 1.54) is 5.56 Å². The van der Waals surface area contributed by atoms with E-state index in [2.05, 4.69) is 55.3 Å². The number of rotatable bonds is 6. The van der Waals surface area contributed by atoms with Crippen LogP contribution in [0.3, 0.4) is 0 Å². The average Bonchev–Trinajstić information content (AvgIpc) is 2.37. The maximum Gasteiger partial charge on any atom is 0.188 e. The molecule has 0 aliphatic heterocycles. The van der Waals surface area contributed by atoms with Crippen LogP contribution in [0.1, 0.15) is 38.7 Å². The van der Waals surface area contributed by atoms with Crippen molar-refractivity contribution < 1.29 is 0 Å². The summed E-state index contributed by atoms with van der Waals surface area (Å²) in [4.78, 5) is 4.44. The number of nitrogens with two attached hydrogens (primary N) is 1. The Hall–Kier alpha value is -0.780. The van der Waals surface area contributed by atoms with E-state index < -0.39 is 0 Å². The van der Waals surface area contributed by atoms with Gasteiger partial charge in [0.25, 0.3) is 0 Å². The molecule has 0 amide bonds.